The molecule has 3 aromatic carbocycles. The Labute approximate surface area is 142 Å². The minimum absolute atomic E-state index is 0.103. The molecule has 24 heavy (non-hydrogen) atoms. The third-order valence-electron chi connectivity index (χ3n) is 4.21. The van der Waals surface area contributed by atoms with Crippen LogP contribution in [-0.2, 0) is 4.74 Å². The second-order valence-corrected chi connectivity index (χ2v) is 5.79. The molecule has 0 radical (unpaired) electrons. The molecule has 1 aliphatic heterocycles. The SMILES string of the molecule is C1=C(c2ccccc2)OC(c2ccccc2)C(c2ccccc2)=C1. The predicted molar refractivity (Wildman–Crippen MR) is 99.1 cm³/mol. The van der Waals surface area contributed by atoms with Gasteiger partial charge in [-0.25, -0.2) is 0 Å². The van der Waals surface area contributed by atoms with Gasteiger partial charge in [-0.2, -0.15) is 0 Å². The second-order valence-electron chi connectivity index (χ2n) is 5.79. The van der Waals surface area contributed by atoms with Crippen molar-refractivity contribution < 1.29 is 4.74 Å². The van der Waals surface area contributed by atoms with E-state index in [1.807, 2.05) is 30.3 Å². The molecule has 116 valence electrons. The maximum Gasteiger partial charge on any atom is 0.149 e. The molecule has 0 fully saturated rings. The molecule has 0 saturated carbocycles. The van der Waals surface area contributed by atoms with Crippen LogP contribution in [0.4, 0.5) is 0 Å². The molecule has 1 atom stereocenters. The second kappa shape index (κ2) is 6.59. The Morgan fingerprint density at radius 1 is 0.542 bits per heavy atom. The zero-order chi connectivity index (χ0) is 16.2. The first-order valence-electron chi connectivity index (χ1n) is 8.16. The van der Waals surface area contributed by atoms with Gasteiger partial charge < -0.3 is 4.74 Å². The monoisotopic (exact) mass is 310 g/mol. The number of ether oxygens (including phenoxy) is 1. The summed E-state index contributed by atoms with van der Waals surface area (Å²) in [5.74, 6) is 0.907. The molecule has 1 unspecified atom stereocenters. The van der Waals surface area contributed by atoms with Crippen molar-refractivity contribution in [2.75, 3.05) is 0 Å². The van der Waals surface area contributed by atoms with Crippen LogP contribution >= 0.6 is 0 Å². The van der Waals surface area contributed by atoms with Crippen LogP contribution in [0.5, 0.6) is 0 Å². The van der Waals surface area contributed by atoms with Crippen LogP contribution < -0.4 is 0 Å². The fraction of sp³-hybridized carbons (Fsp3) is 0.0435. The van der Waals surface area contributed by atoms with E-state index in [1.165, 1.54) is 11.1 Å². The van der Waals surface area contributed by atoms with E-state index in [1.54, 1.807) is 0 Å². The Balaban J connectivity index is 1.79. The minimum atomic E-state index is -0.103. The Hall–Kier alpha value is -3.06. The van der Waals surface area contributed by atoms with E-state index in [9.17, 15) is 0 Å². The fourth-order valence-corrected chi connectivity index (χ4v) is 3.00. The Kier molecular flexibility index (Phi) is 3.99. The van der Waals surface area contributed by atoms with E-state index in [-0.39, 0.29) is 6.10 Å². The van der Waals surface area contributed by atoms with E-state index < -0.39 is 0 Å². The Morgan fingerprint density at radius 2 is 1.08 bits per heavy atom. The van der Waals surface area contributed by atoms with Crippen LogP contribution in [0.3, 0.4) is 0 Å². The minimum Gasteiger partial charge on any atom is -0.480 e. The van der Waals surface area contributed by atoms with Crippen molar-refractivity contribution in [1.29, 1.82) is 0 Å². The molecule has 0 spiro atoms. The highest BCUT2D eigenvalue weighted by Crippen LogP contribution is 2.40. The summed E-state index contributed by atoms with van der Waals surface area (Å²) in [6.45, 7) is 0. The Bertz CT molecular complexity index is 862. The quantitative estimate of drug-likeness (QED) is 0.586. The van der Waals surface area contributed by atoms with Gasteiger partial charge in [0.05, 0.1) is 0 Å². The van der Waals surface area contributed by atoms with Gasteiger partial charge in [0.15, 0.2) is 0 Å². The standard InChI is InChI=1S/C23H18O/c1-4-10-18(11-5-1)21-16-17-22(19-12-6-2-7-13-19)24-23(21)20-14-8-3-9-15-20/h1-17,23H. The molecule has 0 bridgehead atoms. The average Bonchev–Trinajstić information content (AvgIpc) is 2.69. The lowest BCUT2D eigenvalue weighted by molar-refractivity contribution is 0.221. The highest BCUT2D eigenvalue weighted by Gasteiger charge is 2.24. The lowest BCUT2D eigenvalue weighted by atomic mass is 9.92. The van der Waals surface area contributed by atoms with E-state index in [2.05, 4.69) is 72.8 Å². The number of rotatable bonds is 3. The third kappa shape index (κ3) is 2.89. The third-order valence-corrected chi connectivity index (χ3v) is 4.21. The number of benzene rings is 3. The first-order chi connectivity index (χ1) is 11.9. The molecule has 3 aromatic rings. The van der Waals surface area contributed by atoms with Crippen LogP contribution in [0.15, 0.2) is 103 Å². The molecule has 1 heteroatoms. The van der Waals surface area contributed by atoms with Crippen LogP contribution in [0.25, 0.3) is 11.3 Å². The molecular weight excluding hydrogens is 292 g/mol. The topological polar surface area (TPSA) is 9.23 Å². The van der Waals surface area contributed by atoms with Crippen molar-refractivity contribution in [3.8, 4) is 0 Å². The molecule has 0 N–H and O–H groups in total. The smallest absolute Gasteiger partial charge is 0.149 e. The molecule has 1 heterocycles. The van der Waals surface area contributed by atoms with Gasteiger partial charge in [-0.3, -0.25) is 0 Å². The zero-order valence-electron chi connectivity index (χ0n) is 13.3. The summed E-state index contributed by atoms with van der Waals surface area (Å²) in [5, 5.41) is 0. The summed E-state index contributed by atoms with van der Waals surface area (Å²) in [6.07, 6.45) is 4.14. The number of hydrogen-bond acceptors (Lipinski definition) is 1. The highest BCUT2D eigenvalue weighted by atomic mass is 16.5. The summed E-state index contributed by atoms with van der Waals surface area (Å²) in [6, 6.07) is 31.1. The summed E-state index contributed by atoms with van der Waals surface area (Å²) in [5.41, 5.74) is 4.63. The summed E-state index contributed by atoms with van der Waals surface area (Å²) in [7, 11) is 0. The van der Waals surface area contributed by atoms with Gasteiger partial charge in [0.1, 0.15) is 11.9 Å². The highest BCUT2D eigenvalue weighted by molar-refractivity contribution is 5.78. The number of allylic oxidation sites excluding steroid dienone is 2. The van der Waals surface area contributed by atoms with Crippen molar-refractivity contribution in [2.45, 2.75) is 6.10 Å². The van der Waals surface area contributed by atoms with Crippen molar-refractivity contribution in [2.24, 2.45) is 0 Å². The van der Waals surface area contributed by atoms with Crippen molar-refractivity contribution in [3.05, 3.63) is 120 Å². The average molecular weight is 310 g/mol. The maximum atomic E-state index is 6.42. The van der Waals surface area contributed by atoms with Crippen LogP contribution in [0.1, 0.15) is 22.8 Å². The summed E-state index contributed by atoms with van der Waals surface area (Å²) >= 11 is 0. The lowest BCUT2D eigenvalue weighted by Gasteiger charge is -2.27. The molecule has 0 aromatic heterocycles. The zero-order valence-corrected chi connectivity index (χ0v) is 13.3. The van der Waals surface area contributed by atoms with Crippen LogP contribution in [-0.4, -0.2) is 0 Å². The van der Waals surface area contributed by atoms with E-state index in [4.69, 9.17) is 4.74 Å². The van der Waals surface area contributed by atoms with Gasteiger partial charge in [-0.15, -0.1) is 0 Å². The lowest BCUT2D eigenvalue weighted by Crippen LogP contribution is -2.10. The van der Waals surface area contributed by atoms with Crippen molar-refractivity contribution >= 4 is 11.3 Å². The fourth-order valence-electron chi connectivity index (χ4n) is 3.00. The normalized spacial score (nSPS) is 16.8. The van der Waals surface area contributed by atoms with Gasteiger partial charge in [-0.05, 0) is 17.2 Å². The van der Waals surface area contributed by atoms with Gasteiger partial charge in [-0.1, -0.05) is 97.1 Å². The van der Waals surface area contributed by atoms with Crippen molar-refractivity contribution in [3.63, 3.8) is 0 Å². The van der Waals surface area contributed by atoms with E-state index in [0.717, 1.165) is 16.9 Å². The molecule has 4 rings (SSSR count). The predicted octanol–water partition coefficient (Wildman–Crippen LogP) is 5.88. The van der Waals surface area contributed by atoms with Gasteiger partial charge in [0.25, 0.3) is 0 Å². The summed E-state index contributed by atoms with van der Waals surface area (Å²) in [4.78, 5) is 0. The molecule has 1 nitrogen and oxygen atoms in total. The first-order valence-corrected chi connectivity index (χ1v) is 8.16. The molecule has 0 aliphatic carbocycles. The van der Waals surface area contributed by atoms with E-state index in [0.29, 0.717) is 0 Å². The number of hydrogen-bond donors (Lipinski definition) is 0. The molecule has 1 aliphatic rings. The van der Waals surface area contributed by atoms with Crippen molar-refractivity contribution in [1.82, 2.24) is 0 Å². The molecule has 0 saturated heterocycles. The van der Waals surface area contributed by atoms with Gasteiger partial charge in [0, 0.05) is 11.1 Å². The van der Waals surface area contributed by atoms with E-state index >= 15 is 0 Å². The van der Waals surface area contributed by atoms with Gasteiger partial charge in [0.2, 0.25) is 0 Å². The summed E-state index contributed by atoms with van der Waals surface area (Å²) < 4.78 is 6.42. The maximum absolute atomic E-state index is 6.42. The Morgan fingerprint density at radius 3 is 1.71 bits per heavy atom. The largest absolute Gasteiger partial charge is 0.480 e. The van der Waals surface area contributed by atoms with Crippen LogP contribution in [0.2, 0.25) is 0 Å². The van der Waals surface area contributed by atoms with Gasteiger partial charge >= 0.3 is 0 Å². The molecule has 0 amide bonds. The van der Waals surface area contributed by atoms with Crippen LogP contribution in [0, 0.1) is 0 Å². The molecular formula is C23H18O. The first kappa shape index (κ1) is 14.5.